The summed E-state index contributed by atoms with van der Waals surface area (Å²) in [6.07, 6.45) is 8.89. The number of rotatable bonds is 5. The molecule has 0 saturated heterocycles. The van der Waals surface area contributed by atoms with Crippen molar-refractivity contribution < 1.29 is 0 Å². The normalized spacial score (nSPS) is 15.1. The quantitative estimate of drug-likeness (QED) is 0.426. The van der Waals surface area contributed by atoms with Crippen molar-refractivity contribution in [2.24, 2.45) is 4.99 Å². The molecule has 0 spiro atoms. The van der Waals surface area contributed by atoms with Crippen molar-refractivity contribution in [2.45, 2.75) is 45.2 Å². The maximum atomic E-state index is 4.73. The van der Waals surface area contributed by atoms with E-state index in [0.29, 0.717) is 12.6 Å². The Morgan fingerprint density at radius 2 is 2.12 bits per heavy atom. The zero-order valence-corrected chi connectivity index (χ0v) is 16.4. The van der Waals surface area contributed by atoms with Gasteiger partial charge in [-0.2, -0.15) is 5.10 Å². The number of guanidine groups is 1. The molecule has 2 aromatic rings. The predicted octanol–water partition coefficient (Wildman–Crippen LogP) is 3.49. The van der Waals surface area contributed by atoms with Crippen molar-refractivity contribution in [3.63, 3.8) is 0 Å². The molecule has 1 fully saturated rings. The summed E-state index contributed by atoms with van der Waals surface area (Å²) in [4.78, 5) is 4.73. The number of hydrogen-bond acceptors (Lipinski definition) is 2. The van der Waals surface area contributed by atoms with Crippen molar-refractivity contribution in [3.8, 4) is 5.69 Å². The number of hydrogen-bond donors (Lipinski definition) is 2. The van der Waals surface area contributed by atoms with Gasteiger partial charge in [-0.3, -0.25) is 0 Å². The second kappa shape index (κ2) is 9.66. The molecule has 0 bridgehead atoms. The van der Waals surface area contributed by atoms with Crippen LogP contribution in [0.1, 0.15) is 38.2 Å². The van der Waals surface area contributed by atoms with Gasteiger partial charge in [-0.15, -0.1) is 24.0 Å². The van der Waals surface area contributed by atoms with Crippen molar-refractivity contribution in [3.05, 3.63) is 48.3 Å². The van der Waals surface area contributed by atoms with Crippen LogP contribution in [-0.2, 0) is 6.54 Å². The van der Waals surface area contributed by atoms with Crippen LogP contribution in [0.25, 0.3) is 5.69 Å². The van der Waals surface area contributed by atoms with E-state index in [1.54, 1.807) is 6.20 Å². The molecule has 0 atom stereocenters. The van der Waals surface area contributed by atoms with Gasteiger partial charge in [-0.25, -0.2) is 9.67 Å². The van der Waals surface area contributed by atoms with Crippen LogP contribution in [0.3, 0.4) is 0 Å². The van der Waals surface area contributed by atoms with Crippen LogP contribution in [0.4, 0.5) is 0 Å². The van der Waals surface area contributed by atoms with Gasteiger partial charge < -0.3 is 10.6 Å². The highest BCUT2D eigenvalue weighted by molar-refractivity contribution is 14.0. The molecule has 1 heterocycles. The van der Waals surface area contributed by atoms with Crippen LogP contribution >= 0.6 is 24.0 Å². The van der Waals surface area contributed by atoms with Crippen LogP contribution in [0, 0.1) is 0 Å². The van der Waals surface area contributed by atoms with Gasteiger partial charge in [0.15, 0.2) is 5.96 Å². The lowest BCUT2D eigenvalue weighted by molar-refractivity contribution is 0.614. The first-order chi connectivity index (χ1) is 11.3. The minimum Gasteiger partial charge on any atom is -0.357 e. The molecular formula is C18H26IN5. The molecule has 3 rings (SSSR count). The van der Waals surface area contributed by atoms with Crippen molar-refractivity contribution >= 4 is 29.9 Å². The Hall–Kier alpha value is -1.57. The molecule has 1 aliphatic rings. The van der Waals surface area contributed by atoms with Gasteiger partial charge in [-0.05, 0) is 43.5 Å². The maximum Gasteiger partial charge on any atom is 0.191 e. The topological polar surface area (TPSA) is 54.2 Å². The summed E-state index contributed by atoms with van der Waals surface area (Å²) in [5.74, 6) is 0.920. The van der Waals surface area contributed by atoms with E-state index in [1.165, 1.54) is 31.2 Å². The van der Waals surface area contributed by atoms with Crippen molar-refractivity contribution in [2.75, 3.05) is 6.54 Å². The first-order valence-corrected chi connectivity index (χ1v) is 8.49. The SMILES string of the molecule is CCNC(=NCc1cccc(-n2cccn2)c1)NC1CCCC1.I. The molecule has 0 amide bonds. The minimum atomic E-state index is 0. The number of aliphatic imine (C=N–C) groups is 1. The molecule has 130 valence electrons. The van der Waals surface area contributed by atoms with E-state index < -0.39 is 0 Å². The molecular weight excluding hydrogens is 413 g/mol. The molecule has 0 aliphatic heterocycles. The van der Waals surface area contributed by atoms with Crippen molar-refractivity contribution in [1.82, 2.24) is 20.4 Å². The number of aromatic nitrogens is 2. The third-order valence-corrected chi connectivity index (χ3v) is 4.14. The number of halogens is 1. The largest absolute Gasteiger partial charge is 0.357 e. The monoisotopic (exact) mass is 439 g/mol. The Labute approximate surface area is 161 Å². The fourth-order valence-corrected chi connectivity index (χ4v) is 2.97. The summed E-state index contributed by atoms with van der Waals surface area (Å²) in [5, 5.41) is 11.2. The lowest BCUT2D eigenvalue weighted by atomic mass is 10.2. The van der Waals surface area contributed by atoms with Gasteiger partial charge in [0.1, 0.15) is 0 Å². The average molecular weight is 439 g/mol. The molecule has 1 aromatic heterocycles. The second-order valence-corrected chi connectivity index (χ2v) is 5.94. The molecule has 0 unspecified atom stereocenters. The summed E-state index contributed by atoms with van der Waals surface area (Å²) >= 11 is 0. The van der Waals surface area contributed by atoms with E-state index >= 15 is 0 Å². The third kappa shape index (κ3) is 5.22. The van der Waals surface area contributed by atoms with E-state index in [-0.39, 0.29) is 24.0 Å². The smallest absolute Gasteiger partial charge is 0.191 e. The number of nitrogens with one attached hydrogen (secondary N) is 2. The van der Waals surface area contributed by atoms with E-state index in [2.05, 4.69) is 46.9 Å². The lowest BCUT2D eigenvalue weighted by Gasteiger charge is -2.16. The highest BCUT2D eigenvalue weighted by atomic mass is 127. The van der Waals surface area contributed by atoms with E-state index in [4.69, 9.17) is 4.99 Å². The van der Waals surface area contributed by atoms with Crippen LogP contribution in [0.15, 0.2) is 47.7 Å². The van der Waals surface area contributed by atoms with Crippen LogP contribution in [0.2, 0.25) is 0 Å². The summed E-state index contributed by atoms with van der Waals surface area (Å²) in [5.41, 5.74) is 2.25. The second-order valence-electron chi connectivity index (χ2n) is 5.94. The van der Waals surface area contributed by atoms with Gasteiger partial charge in [0, 0.05) is 25.0 Å². The molecule has 1 saturated carbocycles. The van der Waals surface area contributed by atoms with E-state index in [9.17, 15) is 0 Å². The average Bonchev–Trinajstić information content (AvgIpc) is 3.27. The fraction of sp³-hybridized carbons (Fsp3) is 0.444. The fourth-order valence-electron chi connectivity index (χ4n) is 2.97. The maximum absolute atomic E-state index is 4.73. The Morgan fingerprint density at radius 1 is 1.29 bits per heavy atom. The first-order valence-electron chi connectivity index (χ1n) is 8.49. The molecule has 24 heavy (non-hydrogen) atoms. The van der Waals surface area contributed by atoms with E-state index in [0.717, 1.165) is 18.2 Å². The van der Waals surface area contributed by atoms with Gasteiger partial charge in [0.2, 0.25) is 0 Å². The Bertz CT molecular complexity index is 633. The predicted molar refractivity (Wildman–Crippen MR) is 109 cm³/mol. The van der Waals surface area contributed by atoms with Gasteiger partial charge in [0.25, 0.3) is 0 Å². The van der Waals surface area contributed by atoms with Crippen molar-refractivity contribution in [1.29, 1.82) is 0 Å². The summed E-state index contributed by atoms with van der Waals surface area (Å²) in [7, 11) is 0. The zero-order chi connectivity index (χ0) is 15.9. The first kappa shape index (κ1) is 18.8. The highest BCUT2D eigenvalue weighted by Gasteiger charge is 2.15. The van der Waals surface area contributed by atoms with Gasteiger partial charge >= 0.3 is 0 Å². The standard InChI is InChI=1S/C18H25N5.HI/c1-2-19-18(22-16-8-3-4-9-16)20-14-15-7-5-10-17(13-15)23-12-6-11-21-23;/h5-7,10-13,16H,2-4,8-9,14H2,1H3,(H2,19,20,22);1H. The third-order valence-electron chi connectivity index (χ3n) is 4.14. The van der Waals surface area contributed by atoms with Crippen LogP contribution in [-0.4, -0.2) is 28.3 Å². The molecule has 6 heteroatoms. The van der Waals surface area contributed by atoms with Crippen LogP contribution < -0.4 is 10.6 Å². The van der Waals surface area contributed by atoms with E-state index in [1.807, 2.05) is 16.9 Å². The molecule has 5 nitrogen and oxygen atoms in total. The number of nitrogens with zero attached hydrogens (tertiary/aromatic N) is 3. The summed E-state index contributed by atoms with van der Waals surface area (Å²) < 4.78 is 1.87. The Morgan fingerprint density at radius 3 is 2.83 bits per heavy atom. The number of benzene rings is 1. The minimum absolute atomic E-state index is 0. The zero-order valence-electron chi connectivity index (χ0n) is 14.1. The molecule has 2 N–H and O–H groups in total. The highest BCUT2D eigenvalue weighted by Crippen LogP contribution is 2.17. The summed E-state index contributed by atoms with van der Waals surface area (Å²) in [6.45, 7) is 3.65. The van der Waals surface area contributed by atoms with Gasteiger partial charge in [0.05, 0.1) is 12.2 Å². The van der Waals surface area contributed by atoms with Crippen LogP contribution in [0.5, 0.6) is 0 Å². The molecule has 1 aliphatic carbocycles. The molecule has 1 aromatic carbocycles. The Balaban J connectivity index is 0.00000208. The van der Waals surface area contributed by atoms with Gasteiger partial charge in [-0.1, -0.05) is 25.0 Å². The lowest BCUT2D eigenvalue weighted by Crippen LogP contribution is -2.42. The Kier molecular flexibility index (Phi) is 7.55. The molecule has 0 radical (unpaired) electrons. The summed E-state index contributed by atoms with van der Waals surface area (Å²) in [6, 6.07) is 10.9.